The van der Waals surface area contributed by atoms with Crippen molar-refractivity contribution in [2.75, 3.05) is 6.61 Å². The summed E-state index contributed by atoms with van der Waals surface area (Å²) in [5.74, 6) is 0.459. The lowest BCUT2D eigenvalue weighted by Crippen LogP contribution is -2.06. The summed E-state index contributed by atoms with van der Waals surface area (Å²) in [5.41, 5.74) is 9.47. The third-order valence-electron chi connectivity index (χ3n) is 6.56. The molecule has 0 bridgehead atoms. The zero-order valence-electron chi connectivity index (χ0n) is 24.8. The zero-order valence-corrected chi connectivity index (χ0v) is 24.8. The van der Waals surface area contributed by atoms with Gasteiger partial charge in [0.15, 0.2) is 0 Å². The Labute approximate surface area is 225 Å². The Morgan fingerprint density at radius 3 is 2.22 bits per heavy atom. The second kappa shape index (κ2) is 16.8. The normalized spacial score (nSPS) is 14.1. The van der Waals surface area contributed by atoms with E-state index in [9.17, 15) is 4.79 Å². The summed E-state index contributed by atoms with van der Waals surface area (Å²) in [7, 11) is 0. The van der Waals surface area contributed by atoms with Crippen LogP contribution in [0, 0.1) is 13.8 Å². The van der Waals surface area contributed by atoms with Crippen molar-refractivity contribution in [2.24, 2.45) is 0 Å². The van der Waals surface area contributed by atoms with E-state index in [-0.39, 0.29) is 5.97 Å². The molecule has 1 aromatic rings. The van der Waals surface area contributed by atoms with Gasteiger partial charge in [0.05, 0.1) is 17.9 Å². The van der Waals surface area contributed by atoms with E-state index in [1.807, 2.05) is 26.8 Å². The molecule has 0 N–H and O–H groups in total. The van der Waals surface area contributed by atoms with Crippen molar-refractivity contribution in [2.45, 2.75) is 107 Å². The van der Waals surface area contributed by atoms with Gasteiger partial charge >= 0.3 is 5.97 Å². The SMILES string of the molecule is C=C(\C=C(C)/C(=C\CCCC)C(/C)=C(/C=C(\C=C(\C)CC)c1c(C)noc1C)CCCC)C(=O)OCC. The molecule has 0 radical (unpaired) electrons. The van der Waals surface area contributed by atoms with E-state index in [1.54, 1.807) is 0 Å². The minimum atomic E-state index is -0.372. The standard InChI is InChI=1S/C33H49NO3/c1-11-15-17-19-31(24(6)21-25(7)33(35)36-14-4)26(8)29(18-16-12-2)22-30(20-23(5)13-3)32-27(9)34-37-28(32)10/h19-22H,7,11-18H2,1-6,8-10H3/b23-20-,24-21-,29-26+,30-22+,31-19+. The first kappa shape index (κ1) is 32.1. The Morgan fingerprint density at radius 1 is 1.00 bits per heavy atom. The van der Waals surface area contributed by atoms with Gasteiger partial charge in [-0.05, 0) is 101 Å². The predicted octanol–water partition coefficient (Wildman–Crippen LogP) is 9.72. The molecule has 1 rings (SSSR count). The number of esters is 1. The van der Waals surface area contributed by atoms with Gasteiger partial charge in [-0.2, -0.15) is 0 Å². The topological polar surface area (TPSA) is 52.3 Å². The van der Waals surface area contributed by atoms with Crippen molar-refractivity contribution in [3.8, 4) is 0 Å². The van der Waals surface area contributed by atoms with Crippen LogP contribution in [0.25, 0.3) is 5.57 Å². The van der Waals surface area contributed by atoms with Gasteiger partial charge in [-0.1, -0.05) is 75.6 Å². The van der Waals surface area contributed by atoms with Crippen LogP contribution < -0.4 is 0 Å². The van der Waals surface area contributed by atoms with Crippen molar-refractivity contribution < 1.29 is 14.1 Å². The molecule has 0 aliphatic carbocycles. The monoisotopic (exact) mass is 507 g/mol. The van der Waals surface area contributed by atoms with Crippen LogP contribution in [0.5, 0.6) is 0 Å². The molecule has 0 fully saturated rings. The summed E-state index contributed by atoms with van der Waals surface area (Å²) in [4.78, 5) is 12.2. The van der Waals surface area contributed by atoms with Gasteiger partial charge in [0.2, 0.25) is 0 Å². The molecule has 37 heavy (non-hydrogen) atoms. The molecule has 0 amide bonds. The number of unbranched alkanes of at least 4 members (excludes halogenated alkanes) is 3. The van der Waals surface area contributed by atoms with Crippen molar-refractivity contribution in [1.29, 1.82) is 0 Å². The first-order chi connectivity index (χ1) is 17.6. The van der Waals surface area contributed by atoms with Crippen LogP contribution in [-0.4, -0.2) is 17.7 Å². The van der Waals surface area contributed by atoms with E-state index < -0.39 is 0 Å². The second-order valence-electron chi connectivity index (χ2n) is 9.73. The molecule has 0 saturated heterocycles. The van der Waals surface area contributed by atoms with Gasteiger partial charge in [0.1, 0.15) is 5.76 Å². The highest BCUT2D eigenvalue weighted by molar-refractivity contribution is 5.91. The minimum absolute atomic E-state index is 0.337. The van der Waals surface area contributed by atoms with Crippen molar-refractivity contribution in [3.05, 3.63) is 81.3 Å². The molecule has 0 atom stereocenters. The summed E-state index contributed by atoms with van der Waals surface area (Å²) in [6, 6.07) is 0. The number of aryl methyl sites for hydroxylation is 2. The highest BCUT2D eigenvalue weighted by Crippen LogP contribution is 2.32. The van der Waals surface area contributed by atoms with Crippen LogP contribution >= 0.6 is 0 Å². The molecule has 0 aliphatic rings. The number of nitrogens with zero attached hydrogens (tertiary/aromatic N) is 1. The maximum absolute atomic E-state index is 12.2. The molecule has 0 aliphatic heterocycles. The molecule has 4 nitrogen and oxygen atoms in total. The van der Waals surface area contributed by atoms with Crippen LogP contribution in [0.2, 0.25) is 0 Å². The maximum Gasteiger partial charge on any atom is 0.337 e. The fraction of sp³-hybridized carbons (Fsp3) is 0.515. The third-order valence-corrected chi connectivity index (χ3v) is 6.56. The van der Waals surface area contributed by atoms with Crippen LogP contribution in [0.15, 0.2) is 68.8 Å². The van der Waals surface area contributed by atoms with Crippen LogP contribution in [0.3, 0.4) is 0 Å². The lowest BCUT2D eigenvalue weighted by Gasteiger charge is -2.16. The number of ether oxygens (including phenoxy) is 1. The third kappa shape index (κ3) is 10.2. The van der Waals surface area contributed by atoms with E-state index in [0.717, 1.165) is 78.7 Å². The summed E-state index contributed by atoms with van der Waals surface area (Å²) in [6.45, 7) is 23.1. The molecule has 1 heterocycles. The highest BCUT2D eigenvalue weighted by Gasteiger charge is 2.16. The zero-order chi connectivity index (χ0) is 28.0. The van der Waals surface area contributed by atoms with Crippen molar-refractivity contribution in [3.63, 3.8) is 0 Å². The number of carbonyl (C=O) groups excluding carboxylic acids is 1. The average Bonchev–Trinajstić information content (AvgIpc) is 3.20. The average molecular weight is 508 g/mol. The Hall–Kier alpha value is -2.88. The Balaban J connectivity index is 3.82. The van der Waals surface area contributed by atoms with Crippen molar-refractivity contribution >= 4 is 11.5 Å². The molecule has 4 heteroatoms. The molecule has 0 saturated carbocycles. The van der Waals surface area contributed by atoms with Gasteiger partial charge in [0.25, 0.3) is 0 Å². The quantitative estimate of drug-likeness (QED) is 0.103. The molecule has 0 aromatic carbocycles. The molecular weight excluding hydrogens is 458 g/mol. The van der Waals surface area contributed by atoms with Gasteiger partial charge in [-0.3, -0.25) is 0 Å². The lowest BCUT2D eigenvalue weighted by molar-refractivity contribution is -0.138. The van der Waals surface area contributed by atoms with Gasteiger partial charge in [-0.25, -0.2) is 4.79 Å². The van der Waals surface area contributed by atoms with E-state index in [2.05, 4.69) is 71.5 Å². The molecule has 204 valence electrons. The Morgan fingerprint density at radius 2 is 1.68 bits per heavy atom. The van der Waals surface area contributed by atoms with E-state index in [4.69, 9.17) is 9.26 Å². The van der Waals surface area contributed by atoms with E-state index >= 15 is 0 Å². The summed E-state index contributed by atoms with van der Waals surface area (Å²) >= 11 is 0. The highest BCUT2D eigenvalue weighted by atomic mass is 16.5. The molecule has 0 spiro atoms. The van der Waals surface area contributed by atoms with Gasteiger partial charge in [-0.15, -0.1) is 0 Å². The smallest absolute Gasteiger partial charge is 0.337 e. The Bertz CT molecular complexity index is 1050. The lowest BCUT2D eigenvalue weighted by atomic mass is 9.89. The van der Waals surface area contributed by atoms with Crippen LogP contribution in [0.1, 0.15) is 110 Å². The number of allylic oxidation sites excluding steroid dienone is 9. The summed E-state index contributed by atoms with van der Waals surface area (Å²) in [5, 5.41) is 4.23. The predicted molar refractivity (Wildman–Crippen MR) is 157 cm³/mol. The minimum Gasteiger partial charge on any atom is -0.462 e. The molecular formula is C33H49NO3. The summed E-state index contributed by atoms with van der Waals surface area (Å²) < 4.78 is 10.7. The Kier molecular flexibility index (Phi) is 14.6. The van der Waals surface area contributed by atoms with E-state index in [0.29, 0.717) is 12.2 Å². The van der Waals surface area contributed by atoms with Gasteiger partial charge in [0, 0.05) is 5.56 Å². The van der Waals surface area contributed by atoms with Gasteiger partial charge < -0.3 is 9.26 Å². The molecule has 1 aromatic heterocycles. The first-order valence-corrected chi connectivity index (χ1v) is 13.9. The van der Waals surface area contributed by atoms with E-state index in [1.165, 1.54) is 16.7 Å². The fourth-order valence-corrected chi connectivity index (χ4v) is 4.23. The number of hydrogen-bond donors (Lipinski definition) is 0. The number of rotatable bonds is 15. The summed E-state index contributed by atoms with van der Waals surface area (Å²) in [6.07, 6.45) is 16.1. The van der Waals surface area contributed by atoms with Crippen LogP contribution in [0.4, 0.5) is 0 Å². The largest absolute Gasteiger partial charge is 0.462 e. The maximum atomic E-state index is 12.2. The number of aromatic nitrogens is 1. The van der Waals surface area contributed by atoms with Crippen LogP contribution in [-0.2, 0) is 9.53 Å². The first-order valence-electron chi connectivity index (χ1n) is 13.9. The number of hydrogen-bond acceptors (Lipinski definition) is 4. The fourth-order valence-electron chi connectivity index (χ4n) is 4.23. The number of carbonyl (C=O) groups is 1. The molecule has 0 unspecified atom stereocenters. The van der Waals surface area contributed by atoms with Crippen molar-refractivity contribution in [1.82, 2.24) is 5.16 Å². The second-order valence-corrected chi connectivity index (χ2v) is 9.73.